The molecular weight excluding hydrogens is 290 g/mol. The summed E-state index contributed by atoms with van der Waals surface area (Å²) in [5.41, 5.74) is 3.84. The fourth-order valence-electron chi connectivity index (χ4n) is 3.84. The summed E-state index contributed by atoms with van der Waals surface area (Å²) in [4.78, 5) is 11.0. The average molecular weight is 311 g/mol. The van der Waals surface area contributed by atoms with E-state index >= 15 is 0 Å². The zero-order valence-electron chi connectivity index (χ0n) is 13.1. The molecule has 2 heterocycles. The molecule has 0 spiro atoms. The Labute approximate surface area is 135 Å². The minimum atomic E-state index is -0.900. The first kappa shape index (κ1) is 14.3. The van der Waals surface area contributed by atoms with Crippen molar-refractivity contribution in [2.75, 3.05) is 11.9 Å². The molecule has 0 amide bonds. The quantitative estimate of drug-likeness (QED) is 0.909. The predicted octanol–water partition coefficient (Wildman–Crippen LogP) is 3.59. The Kier molecular flexibility index (Phi) is 3.56. The molecule has 1 fully saturated rings. The third-order valence-electron chi connectivity index (χ3n) is 5.03. The summed E-state index contributed by atoms with van der Waals surface area (Å²) in [7, 11) is 0. The molecule has 2 N–H and O–H groups in total. The molecule has 0 atom stereocenters. The lowest BCUT2D eigenvalue weighted by Gasteiger charge is -2.20. The van der Waals surface area contributed by atoms with E-state index in [0.29, 0.717) is 11.5 Å². The number of hydrogen-bond donors (Lipinski definition) is 2. The molecule has 2 aliphatic rings. The Hall–Kier alpha value is -2.30. The molecule has 0 bridgehead atoms. The number of carbonyl (C=O) groups is 1. The highest BCUT2D eigenvalue weighted by molar-refractivity contribution is 5.87. The fourth-order valence-corrected chi connectivity index (χ4v) is 3.84. The minimum Gasteiger partial charge on any atom is -0.478 e. The van der Waals surface area contributed by atoms with E-state index < -0.39 is 5.97 Å². The minimum absolute atomic E-state index is 0.304. The number of aromatic carboxylic acids is 1. The summed E-state index contributed by atoms with van der Waals surface area (Å²) < 4.78 is 1.96. The molecule has 1 aliphatic carbocycles. The van der Waals surface area contributed by atoms with E-state index in [4.69, 9.17) is 10.2 Å². The van der Waals surface area contributed by atoms with E-state index in [-0.39, 0.29) is 0 Å². The van der Waals surface area contributed by atoms with Gasteiger partial charge in [0.05, 0.1) is 16.9 Å². The second-order valence-electron chi connectivity index (χ2n) is 6.49. The summed E-state index contributed by atoms with van der Waals surface area (Å²) >= 11 is 0. The highest BCUT2D eigenvalue weighted by atomic mass is 16.4. The van der Waals surface area contributed by atoms with Crippen molar-refractivity contribution in [3.63, 3.8) is 0 Å². The van der Waals surface area contributed by atoms with Gasteiger partial charge in [-0.15, -0.1) is 0 Å². The standard InChI is InChI=1S/C18H21N3O2/c22-18(23)13-6-8-14(9-7-13)21-17-15(10-11-19-17)16(20-21)12-4-2-1-3-5-12/h6-9,12,19H,1-5,10-11H2,(H,22,23). The third-order valence-corrected chi connectivity index (χ3v) is 5.03. The molecule has 0 unspecified atom stereocenters. The number of aromatic nitrogens is 2. The normalized spacial score (nSPS) is 17.7. The smallest absolute Gasteiger partial charge is 0.335 e. The predicted molar refractivity (Wildman–Crippen MR) is 88.5 cm³/mol. The van der Waals surface area contributed by atoms with Crippen LogP contribution in [-0.4, -0.2) is 27.4 Å². The van der Waals surface area contributed by atoms with E-state index in [1.165, 1.54) is 43.4 Å². The van der Waals surface area contributed by atoms with Crippen molar-refractivity contribution >= 4 is 11.8 Å². The second kappa shape index (κ2) is 5.72. The van der Waals surface area contributed by atoms with E-state index in [1.54, 1.807) is 12.1 Å². The third kappa shape index (κ3) is 2.50. The molecule has 0 radical (unpaired) electrons. The van der Waals surface area contributed by atoms with Crippen molar-refractivity contribution in [1.82, 2.24) is 9.78 Å². The van der Waals surface area contributed by atoms with Crippen molar-refractivity contribution in [2.24, 2.45) is 0 Å². The number of hydrogen-bond acceptors (Lipinski definition) is 3. The molecule has 4 rings (SSSR count). The molecule has 2 aromatic rings. The van der Waals surface area contributed by atoms with Gasteiger partial charge in [0.2, 0.25) is 0 Å². The van der Waals surface area contributed by atoms with Gasteiger partial charge < -0.3 is 10.4 Å². The first-order valence-electron chi connectivity index (χ1n) is 8.43. The summed E-state index contributed by atoms with van der Waals surface area (Å²) in [6.07, 6.45) is 7.45. The van der Waals surface area contributed by atoms with Crippen LogP contribution in [0.1, 0.15) is 59.6 Å². The highest BCUT2D eigenvalue weighted by Crippen LogP contribution is 2.38. The van der Waals surface area contributed by atoms with Crippen LogP contribution in [0.2, 0.25) is 0 Å². The Bertz CT molecular complexity index is 727. The van der Waals surface area contributed by atoms with Crippen LogP contribution in [0.15, 0.2) is 24.3 Å². The van der Waals surface area contributed by atoms with Gasteiger partial charge in [0.25, 0.3) is 0 Å². The SMILES string of the molecule is O=C(O)c1ccc(-n2nc(C3CCCCC3)c3c2NCC3)cc1. The second-order valence-corrected chi connectivity index (χ2v) is 6.49. The number of benzene rings is 1. The maximum atomic E-state index is 11.0. The Morgan fingerprint density at radius 2 is 1.91 bits per heavy atom. The number of carboxylic acid groups (broad SMARTS) is 1. The number of nitrogens with one attached hydrogen (secondary N) is 1. The monoisotopic (exact) mass is 311 g/mol. The number of nitrogens with zero attached hydrogens (tertiary/aromatic N) is 2. The van der Waals surface area contributed by atoms with E-state index in [9.17, 15) is 4.79 Å². The van der Waals surface area contributed by atoms with Gasteiger partial charge in [-0.1, -0.05) is 19.3 Å². The van der Waals surface area contributed by atoms with Gasteiger partial charge in [0, 0.05) is 18.0 Å². The van der Waals surface area contributed by atoms with Crippen molar-refractivity contribution in [3.8, 4) is 5.69 Å². The van der Waals surface area contributed by atoms with Gasteiger partial charge >= 0.3 is 5.97 Å². The van der Waals surface area contributed by atoms with Crippen molar-refractivity contribution < 1.29 is 9.90 Å². The Balaban J connectivity index is 1.72. The molecule has 23 heavy (non-hydrogen) atoms. The number of fused-ring (bicyclic) bond motifs is 1. The summed E-state index contributed by atoms with van der Waals surface area (Å²) in [5.74, 6) is 0.772. The Morgan fingerprint density at radius 1 is 1.17 bits per heavy atom. The Morgan fingerprint density at radius 3 is 2.61 bits per heavy atom. The molecule has 1 aliphatic heterocycles. The first-order valence-corrected chi connectivity index (χ1v) is 8.43. The first-order chi connectivity index (χ1) is 11.2. The van der Waals surface area contributed by atoms with Gasteiger partial charge in [0.1, 0.15) is 5.82 Å². The van der Waals surface area contributed by atoms with E-state index in [0.717, 1.165) is 24.5 Å². The van der Waals surface area contributed by atoms with E-state index in [2.05, 4.69) is 5.32 Å². The lowest BCUT2D eigenvalue weighted by molar-refractivity contribution is 0.0697. The molecule has 5 nitrogen and oxygen atoms in total. The summed E-state index contributed by atoms with van der Waals surface area (Å²) in [5, 5.41) is 17.4. The zero-order valence-corrected chi connectivity index (χ0v) is 13.1. The van der Waals surface area contributed by atoms with Crippen molar-refractivity contribution in [2.45, 2.75) is 44.4 Å². The topological polar surface area (TPSA) is 67.1 Å². The maximum Gasteiger partial charge on any atom is 0.335 e. The molecule has 120 valence electrons. The molecule has 1 aromatic carbocycles. The number of anilines is 1. The van der Waals surface area contributed by atoms with Crippen LogP contribution in [0.4, 0.5) is 5.82 Å². The van der Waals surface area contributed by atoms with Crippen molar-refractivity contribution in [3.05, 3.63) is 41.1 Å². The van der Waals surface area contributed by atoms with Crippen LogP contribution in [0.3, 0.4) is 0 Å². The molecule has 1 saturated carbocycles. The van der Waals surface area contributed by atoms with Gasteiger partial charge in [-0.25, -0.2) is 9.48 Å². The average Bonchev–Trinajstić information content (AvgIpc) is 3.18. The maximum absolute atomic E-state index is 11.0. The summed E-state index contributed by atoms with van der Waals surface area (Å²) in [6, 6.07) is 6.95. The molecule has 5 heteroatoms. The van der Waals surface area contributed by atoms with Gasteiger partial charge in [-0.3, -0.25) is 0 Å². The van der Waals surface area contributed by atoms with Crippen LogP contribution in [0.5, 0.6) is 0 Å². The van der Waals surface area contributed by atoms with Crippen LogP contribution >= 0.6 is 0 Å². The number of carboxylic acids is 1. The molecular formula is C18H21N3O2. The van der Waals surface area contributed by atoms with E-state index in [1.807, 2.05) is 16.8 Å². The van der Waals surface area contributed by atoms with Crippen LogP contribution in [-0.2, 0) is 6.42 Å². The van der Waals surface area contributed by atoms with Crippen LogP contribution < -0.4 is 5.32 Å². The van der Waals surface area contributed by atoms with Crippen LogP contribution in [0, 0.1) is 0 Å². The molecule has 0 saturated heterocycles. The fraction of sp³-hybridized carbons (Fsp3) is 0.444. The lowest BCUT2D eigenvalue weighted by atomic mass is 9.85. The van der Waals surface area contributed by atoms with Gasteiger partial charge in [-0.2, -0.15) is 5.10 Å². The highest BCUT2D eigenvalue weighted by Gasteiger charge is 2.28. The number of rotatable bonds is 3. The van der Waals surface area contributed by atoms with Gasteiger partial charge in [0.15, 0.2) is 0 Å². The lowest BCUT2D eigenvalue weighted by Crippen LogP contribution is -2.09. The molecule has 1 aromatic heterocycles. The largest absolute Gasteiger partial charge is 0.478 e. The van der Waals surface area contributed by atoms with Crippen molar-refractivity contribution in [1.29, 1.82) is 0 Å². The van der Waals surface area contributed by atoms with Crippen LogP contribution in [0.25, 0.3) is 5.69 Å². The van der Waals surface area contributed by atoms with Gasteiger partial charge in [-0.05, 0) is 43.5 Å². The zero-order chi connectivity index (χ0) is 15.8. The summed E-state index contributed by atoms with van der Waals surface area (Å²) in [6.45, 7) is 0.958.